The summed E-state index contributed by atoms with van der Waals surface area (Å²) in [5, 5.41) is 5.56. The third-order valence-corrected chi connectivity index (χ3v) is 3.81. The fraction of sp³-hybridized carbons (Fsp3) is 0.286. The smallest absolute Gasteiger partial charge is 0.315 e. The zero-order chi connectivity index (χ0) is 18.8. The summed E-state index contributed by atoms with van der Waals surface area (Å²) >= 11 is 0. The van der Waals surface area contributed by atoms with Crippen molar-refractivity contribution in [1.29, 1.82) is 0 Å². The summed E-state index contributed by atoms with van der Waals surface area (Å²) in [5.74, 6) is 6.82. The van der Waals surface area contributed by atoms with Crippen molar-refractivity contribution in [3.63, 3.8) is 0 Å². The van der Waals surface area contributed by atoms with Crippen molar-refractivity contribution in [3.05, 3.63) is 59.7 Å². The Morgan fingerprint density at radius 1 is 1.04 bits per heavy atom. The lowest BCUT2D eigenvalue weighted by molar-refractivity contribution is 0.242. The van der Waals surface area contributed by atoms with Crippen LogP contribution in [-0.4, -0.2) is 40.3 Å². The molecule has 2 aromatic rings. The number of benzene rings is 2. The van der Waals surface area contributed by atoms with Gasteiger partial charge in [-0.1, -0.05) is 24.0 Å². The van der Waals surface area contributed by atoms with Crippen LogP contribution in [0.4, 0.5) is 10.5 Å². The van der Waals surface area contributed by atoms with Crippen LogP contribution < -0.4 is 20.3 Å². The van der Waals surface area contributed by atoms with Crippen LogP contribution in [0, 0.1) is 11.8 Å². The van der Waals surface area contributed by atoms with Crippen LogP contribution in [0.25, 0.3) is 0 Å². The van der Waals surface area contributed by atoms with Gasteiger partial charge < -0.3 is 20.3 Å². The average molecular weight is 351 g/mol. The zero-order valence-corrected chi connectivity index (χ0v) is 15.5. The molecular formula is C21H25N3O2. The van der Waals surface area contributed by atoms with E-state index in [2.05, 4.69) is 22.5 Å². The van der Waals surface area contributed by atoms with Gasteiger partial charge in [0, 0.05) is 31.9 Å². The van der Waals surface area contributed by atoms with Gasteiger partial charge in [0.25, 0.3) is 0 Å². The predicted octanol–water partition coefficient (Wildman–Crippen LogP) is 2.65. The highest BCUT2D eigenvalue weighted by Gasteiger charge is 1.99. The summed E-state index contributed by atoms with van der Waals surface area (Å²) in [6.45, 7) is 0.876. The molecule has 0 atom stereocenters. The Morgan fingerprint density at radius 2 is 1.73 bits per heavy atom. The Balaban J connectivity index is 1.67. The second-order valence-electron chi connectivity index (χ2n) is 5.95. The van der Waals surface area contributed by atoms with Gasteiger partial charge in [0.2, 0.25) is 0 Å². The van der Waals surface area contributed by atoms with E-state index < -0.39 is 0 Å². The standard InChI is InChI=1S/C21H25N3O2/c1-24(2)19-10-6-17(7-11-19)5-4-15-22-21(25)23-16-14-18-8-12-20(26-3)13-9-18/h6-13H,14-16H2,1-3H3,(H2,22,23,25). The van der Waals surface area contributed by atoms with Gasteiger partial charge in [0.1, 0.15) is 5.75 Å². The quantitative estimate of drug-likeness (QED) is 0.787. The van der Waals surface area contributed by atoms with E-state index in [0.717, 1.165) is 29.0 Å². The fourth-order valence-corrected chi connectivity index (χ4v) is 2.29. The monoisotopic (exact) mass is 351 g/mol. The molecule has 0 bridgehead atoms. The molecule has 26 heavy (non-hydrogen) atoms. The van der Waals surface area contributed by atoms with Gasteiger partial charge in [-0.05, 0) is 48.4 Å². The molecule has 5 nitrogen and oxygen atoms in total. The number of methoxy groups -OCH3 is 1. The van der Waals surface area contributed by atoms with Gasteiger partial charge in [-0.3, -0.25) is 0 Å². The number of nitrogens with one attached hydrogen (secondary N) is 2. The average Bonchev–Trinajstić information content (AvgIpc) is 2.66. The van der Waals surface area contributed by atoms with Gasteiger partial charge >= 0.3 is 6.03 Å². The van der Waals surface area contributed by atoms with Gasteiger partial charge in [0.15, 0.2) is 0 Å². The minimum atomic E-state index is -0.212. The molecule has 2 amide bonds. The Kier molecular flexibility index (Phi) is 7.38. The van der Waals surface area contributed by atoms with Crippen molar-refractivity contribution in [1.82, 2.24) is 10.6 Å². The van der Waals surface area contributed by atoms with E-state index in [1.807, 2.05) is 67.5 Å². The molecule has 0 spiro atoms. The van der Waals surface area contributed by atoms with Crippen molar-refractivity contribution in [2.24, 2.45) is 0 Å². The summed E-state index contributed by atoms with van der Waals surface area (Å²) in [7, 11) is 5.64. The highest BCUT2D eigenvalue weighted by molar-refractivity contribution is 5.74. The van der Waals surface area contributed by atoms with E-state index >= 15 is 0 Å². The fourth-order valence-electron chi connectivity index (χ4n) is 2.29. The Bertz CT molecular complexity index is 757. The number of carbonyl (C=O) groups is 1. The molecule has 0 aromatic heterocycles. The summed E-state index contributed by atoms with van der Waals surface area (Å²) in [5.41, 5.74) is 3.20. The van der Waals surface area contributed by atoms with Crippen molar-refractivity contribution in [3.8, 4) is 17.6 Å². The minimum Gasteiger partial charge on any atom is -0.497 e. The molecule has 0 heterocycles. The van der Waals surface area contributed by atoms with E-state index in [0.29, 0.717) is 13.1 Å². The maximum atomic E-state index is 11.7. The van der Waals surface area contributed by atoms with Gasteiger partial charge in [-0.15, -0.1) is 0 Å². The SMILES string of the molecule is COc1ccc(CCNC(=O)NCC#Cc2ccc(N(C)C)cc2)cc1. The molecule has 2 rings (SSSR count). The van der Waals surface area contributed by atoms with Crippen molar-refractivity contribution >= 4 is 11.7 Å². The van der Waals surface area contributed by atoms with Crippen LogP contribution in [0.5, 0.6) is 5.75 Å². The van der Waals surface area contributed by atoms with Crippen LogP contribution in [0.1, 0.15) is 11.1 Å². The van der Waals surface area contributed by atoms with Gasteiger partial charge in [-0.25, -0.2) is 4.79 Å². The summed E-state index contributed by atoms with van der Waals surface area (Å²) in [6.07, 6.45) is 0.765. The highest BCUT2D eigenvalue weighted by atomic mass is 16.5. The molecular weight excluding hydrogens is 326 g/mol. The third kappa shape index (κ3) is 6.40. The number of hydrogen-bond acceptors (Lipinski definition) is 3. The first-order valence-corrected chi connectivity index (χ1v) is 8.49. The maximum absolute atomic E-state index is 11.7. The second kappa shape index (κ2) is 10.00. The molecule has 5 heteroatoms. The number of urea groups is 1. The lowest BCUT2D eigenvalue weighted by Crippen LogP contribution is -2.36. The van der Waals surface area contributed by atoms with Crippen molar-refractivity contribution in [2.75, 3.05) is 39.2 Å². The van der Waals surface area contributed by atoms with Gasteiger partial charge in [-0.2, -0.15) is 0 Å². The molecule has 0 fully saturated rings. The summed E-state index contributed by atoms with van der Waals surface area (Å²) < 4.78 is 5.12. The zero-order valence-electron chi connectivity index (χ0n) is 15.5. The van der Waals surface area contributed by atoms with E-state index in [1.165, 1.54) is 0 Å². The second-order valence-corrected chi connectivity index (χ2v) is 5.95. The van der Waals surface area contributed by atoms with Crippen molar-refractivity contribution in [2.45, 2.75) is 6.42 Å². The summed E-state index contributed by atoms with van der Waals surface area (Å²) in [6, 6.07) is 15.6. The number of anilines is 1. The lowest BCUT2D eigenvalue weighted by atomic mass is 10.1. The number of amides is 2. The molecule has 0 radical (unpaired) electrons. The largest absolute Gasteiger partial charge is 0.497 e. The first kappa shape index (κ1) is 19.2. The number of hydrogen-bond donors (Lipinski definition) is 2. The normalized spacial score (nSPS) is 9.65. The molecule has 0 saturated heterocycles. The number of nitrogens with zero attached hydrogens (tertiary/aromatic N) is 1. The molecule has 0 unspecified atom stereocenters. The van der Waals surface area contributed by atoms with E-state index in [1.54, 1.807) is 7.11 Å². The van der Waals surface area contributed by atoms with Crippen LogP contribution in [0.15, 0.2) is 48.5 Å². The molecule has 0 aliphatic heterocycles. The number of ether oxygens (including phenoxy) is 1. The van der Waals surface area contributed by atoms with Crippen LogP contribution in [0.2, 0.25) is 0 Å². The Labute approximate surface area is 155 Å². The predicted molar refractivity (Wildman–Crippen MR) is 106 cm³/mol. The topological polar surface area (TPSA) is 53.6 Å². The molecule has 136 valence electrons. The Morgan fingerprint density at radius 3 is 2.35 bits per heavy atom. The molecule has 2 aromatic carbocycles. The first-order valence-electron chi connectivity index (χ1n) is 8.49. The summed E-state index contributed by atoms with van der Waals surface area (Å²) in [4.78, 5) is 13.8. The number of carbonyl (C=O) groups excluding carboxylic acids is 1. The van der Waals surface area contributed by atoms with Crippen LogP contribution >= 0.6 is 0 Å². The van der Waals surface area contributed by atoms with Crippen molar-refractivity contribution < 1.29 is 9.53 Å². The van der Waals surface area contributed by atoms with E-state index in [9.17, 15) is 4.79 Å². The number of rotatable bonds is 6. The third-order valence-electron chi connectivity index (χ3n) is 3.81. The van der Waals surface area contributed by atoms with Crippen LogP contribution in [-0.2, 0) is 6.42 Å². The molecule has 2 N–H and O–H groups in total. The first-order chi connectivity index (χ1) is 12.6. The maximum Gasteiger partial charge on any atom is 0.315 e. The van der Waals surface area contributed by atoms with Gasteiger partial charge in [0.05, 0.1) is 13.7 Å². The molecule has 0 aliphatic rings. The molecule has 0 aliphatic carbocycles. The molecule has 0 saturated carbocycles. The lowest BCUT2D eigenvalue weighted by Gasteiger charge is -2.11. The Hall–Kier alpha value is -3.13. The highest BCUT2D eigenvalue weighted by Crippen LogP contribution is 2.12. The van der Waals surface area contributed by atoms with E-state index in [-0.39, 0.29) is 6.03 Å². The van der Waals surface area contributed by atoms with Crippen LogP contribution in [0.3, 0.4) is 0 Å². The van der Waals surface area contributed by atoms with E-state index in [4.69, 9.17) is 4.74 Å². The minimum absolute atomic E-state index is 0.212.